The van der Waals surface area contributed by atoms with Gasteiger partial charge in [0.1, 0.15) is 0 Å². The maximum Gasteiger partial charge on any atom is 0.225 e. The molecule has 1 aromatic carbocycles. The zero-order valence-corrected chi connectivity index (χ0v) is 16.4. The summed E-state index contributed by atoms with van der Waals surface area (Å²) in [5, 5.41) is 4.23. The average molecular weight is 385 g/mol. The van der Waals surface area contributed by atoms with E-state index >= 15 is 0 Å². The molecule has 1 fully saturated rings. The van der Waals surface area contributed by atoms with Gasteiger partial charge in [-0.2, -0.15) is 0 Å². The molecule has 1 aliphatic rings. The van der Waals surface area contributed by atoms with Crippen LogP contribution in [0.25, 0.3) is 0 Å². The maximum absolute atomic E-state index is 12.8. The van der Waals surface area contributed by atoms with Gasteiger partial charge in [-0.1, -0.05) is 43.1 Å². The standard InChI is InChI=1S/C19H26Cl2N2O2/c1-3-5-18(24)22-16-6-4-9-23(12-16)19(25)13(2)10-14-7-8-15(20)11-17(14)21/h7-8,11,13,16H,3-6,9-10,12H2,1-2H3,(H,22,24). The normalized spacial score (nSPS) is 18.7. The number of nitrogens with zero attached hydrogens (tertiary/aromatic N) is 1. The number of likely N-dealkylation sites (tertiary alicyclic amines) is 1. The number of halogens is 2. The van der Waals surface area contributed by atoms with Crippen LogP contribution in [0.1, 0.15) is 45.1 Å². The molecule has 0 aromatic heterocycles. The molecule has 25 heavy (non-hydrogen) atoms. The van der Waals surface area contributed by atoms with Crippen LogP contribution in [-0.2, 0) is 16.0 Å². The fourth-order valence-corrected chi connectivity index (χ4v) is 3.72. The van der Waals surface area contributed by atoms with E-state index in [0.717, 1.165) is 31.4 Å². The van der Waals surface area contributed by atoms with E-state index in [1.165, 1.54) is 0 Å². The molecule has 2 rings (SSSR count). The van der Waals surface area contributed by atoms with E-state index in [9.17, 15) is 9.59 Å². The molecule has 1 heterocycles. The molecule has 1 aliphatic heterocycles. The lowest BCUT2D eigenvalue weighted by molar-refractivity contribution is -0.137. The smallest absolute Gasteiger partial charge is 0.225 e. The largest absolute Gasteiger partial charge is 0.352 e. The van der Waals surface area contributed by atoms with Crippen LogP contribution >= 0.6 is 23.2 Å². The van der Waals surface area contributed by atoms with Gasteiger partial charge in [-0.3, -0.25) is 9.59 Å². The second kappa shape index (κ2) is 9.44. The fraction of sp³-hybridized carbons (Fsp3) is 0.579. The SMILES string of the molecule is CCCC(=O)NC1CCCN(C(=O)C(C)Cc2ccc(Cl)cc2Cl)C1. The number of hydrogen-bond donors (Lipinski definition) is 1. The van der Waals surface area contributed by atoms with Gasteiger partial charge in [-0.25, -0.2) is 0 Å². The number of benzene rings is 1. The number of nitrogens with one attached hydrogen (secondary N) is 1. The number of piperidine rings is 1. The van der Waals surface area contributed by atoms with E-state index in [1.54, 1.807) is 12.1 Å². The lowest BCUT2D eigenvalue weighted by Crippen LogP contribution is -2.50. The Hall–Kier alpha value is -1.26. The predicted molar refractivity (Wildman–Crippen MR) is 102 cm³/mol. The van der Waals surface area contributed by atoms with E-state index < -0.39 is 0 Å². The van der Waals surface area contributed by atoms with Crippen LogP contribution in [0.2, 0.25) is 10.0 Å². The van der Waals surface area contributed by atoms with Crippen LogP contribution in [0.4, 0.5) is 0 Å². The Morgan fingerprint density at radius 2 is 2.12 bits per heavy atom. The minimum Gasteiger partial charge on any atom is -0.352 e. The van der Waals surface area contributed by atoms with Crippen LogP contribution < -0.4 is 5.32 Å². The Morgan fingerprint density at radius 3 is 2.80 bits per heavy atom. The molecule has 1 saturated heterocycles. The number of carbonyl (C=O) groups is 2. The Labute approximate surface area is 159 Å². The highest BCUT2D eigenvalue weighted by atomic mass is 35.5. The molecule has 2 unspecified atom stereocenters. The molecule has 2 atom stereocenters. The highest BCUT2D eigenvalue weighted by molar-refractivity contribution is 6.35. The number of carbonyl (C=O) groups excluding carboxylic acids is 2. The summed E-state index contributed by atoms with van der Waals surface area (Å²) < 4.78 is 0. The molecule has 4 nitrogen and oxygen atoms in total. The first-order valence-electron chi connectivity index (χ1n) is 8.92. The van der Waals surface area contributed by atoms with Crippen molar-refractivity contribution in [2.75, 3.05) is 13.1 Å². The summed E-state index contributed by atoms with van der Waals surface area (Å²) in [6.07, 6.45) is 3.79. The van der Waals surface area contributed by atoms with Gasteiger partial charge >= 0.3 is 0 Å². The minimum absolute atomic E-state index is 0.0584. The van der Waals surface area contributed by atoms with E-state index in [4.69, 9.17) is 23.2 Å². The van der Waals surface area contributed by atoms with E-state index in [2.05, 4.69) is 5.32 Å². The van der Waals surface area contributed by atoms with Crippen LogP contribution in [0.5, 0.6) is 0 Å². The van der Waals surface area contributed by atoms with Gasteiger partial charge in [0, 0.05) is 41.5 Å². The summed E-state index contributed by atoms with van der Waals surface area (Å²) in [5.74, 6) is 0.0204. The summed E-state index contributed by atoms with van der Waals surface area (Å²) in [5.41, 5.74) is 0.928. The van der Waals surface area contributed by atoms with Crippen molar-refractivity contribution in [2.24, 2.45) is 5.92 Å². The van der Waals surface area contributed by atoms with E-state index in [1.807, 2.05) is 24.8 Å². The van der Waals surface area contributed by atoms with Crippen molar-refractivity contribution in [2.45, 2.75) is 52.0 Å². The first-order chi connectivity index (χ1) is 11.9. The van der Waals surface area contributed by atoms with Crippen molar-refractivity contribution in [1.82, 2.24) is 10.2 Å². The zero-order valence-electron chi connectivity index (χ0n) is 14.9. The van der Waals surface area contributed by atoms with Crippen molar-refractivity contribution in [3.8, 4) is 0 Å². The van der Waals surface area contributed by atoms with Crippen LogP contribution in [0.15, 0.2) is 18.2 Å². The summed E-state index contributed by atoms with van der Waals surface area (Å²) in [6, 6.07) is 5.43. The van der Waals surface area contributed by atoms with Gasteiger partial charge in [0.2, 0.25) is 11.8 Å². The fourth-order valence-electron chi connectivity index (χ4n) is 3.24. The Bertz CT molecular complexity index is 621. The summed E-state index contributed by atoms with van der Waals surface area (Å²) in [7, 11) is 0. The average Bonchev–Trinajstić information content (AvgIpc) is 2.57. The molecule has 2 amide bonds. The Kier molecular flexibility index (Phi) is 7.57. The zero-order chi connectivity index (χ0) is 18.4. The Morgan fingerprint density at radius 1 is 1.36 bits per heavy atom. The summed E-state index contributed by atoms with van der Waals surface area (Å²) in [4.78, 5) is 26.4. The molecule has 1 aromatic rings. The first kappa shape index (κ1) is 20.1. The molecule has 1 N–H and O–H groups in total. The molecular weight excluding hydrogens is 359 g/mol. The highest BCUT2D eigenvalue weighted by Crippen LogP contribution is 2.24. The number of rotatable bonds is 6. The van der Waals surface area contributed by atoms with Crippen molar-refractivity contribution < 1.29 is 9.59 Å². The maximum atomic E-state index is 12.8. The number of amides is 2. The van der Waals surface area contributed by atoms with Crippen LogP contribution in [0, 0.1) is 5.92 Å². The van der Waals surface area contributed by atoms with Crippen LogP contribution in [-0.4, -0.2) is 35.8 Å². The third kappa shape index (κ3) is 5.89. The van der Waals surface area contributed by atoms with Gasteiger partial charge in [-0.05, 0) is 43.4 Å². The lowest BCUT2D eigenvalue weighted by atomic mass is 9.97. The third-order valence-electron chi connectivity index (χ3n) is 4.54. The second-order valence-electron chi connectivity index (χ2n) is 6.78. The Balaban J connectivity index is 1.93. The topological polar surface area (TPSA) is 49.4 Å². The number of hydrogen-bond acceptors (Lipinski definition) is 2. The van der Waals surface area contributed by atoms with Gasteiger partial charge in [-0.15, -0.1) is 0 Å². The van der Waals surface area contributed by atoms with Crippen molar-refractivity contribution in [3.05, 3.63) is 33.8 Å². The van der Waals surface area contributed by atoms with E-state index in [-0.39, 0.29) is 23.8 Å². The van der Waals surface area contributed by atoms with E-state index in [0.29, 0.717) is 29.4 Å². The van der Waals surface area contributed by atoms with Crippen molar-refractivity contribution in [1.29, 1.82) is 0 Å². The molecule has 0 aliphatic carbocycles. The lowest BCUT2D eigenvalue weighted by Gasteiger charge is -2.34. The molecule has 6 heteroatoms. The van der Waals surface area contributed by atoms with Crippen molar-refractivity contribution >= 4 is 35.0 Å². The molecule has 0 spiro atoms. The second-order valence-corrected chi connectivity index (χ2v) is 7.63. The van der Waals surface area contributed by atoms with Gasteiger partial charge in [0.15, 0.2) is 0 Å². The monoisotopic (exact) mass is 384 g/mol. The molecule has 0 saturated carbocycles. The molecule has 138 valence electrons. The predicted octanol–water partition coefficient (Wildman–Crippen LogP) is 4.08. The quantitative estimate of drug-likeness (QED) is 0.802. The molecular formula is C19H26Cl2N2O2. The van der Waals surface area contributed by atoms with Crippen LogP contribution in [0.3, 0.4) is 0 Å². The first-order valence-corrected chi connectivity index (χ1v) is 9.68. The minimum atomic E-state index is -0.163. The highest BCUT2D eigenvalue weighted by Gasteiger charge is 2.27. The summed E-state index contributed by atoms with van der Waals surface area (Å²) in [6.45, 7) is 5.25. The summed E-state index contributed by atoms with van der Waals surface area (Å²) >= 11 is 12.1. The van der Waals surface area contributed by atoms with Gasteiger partial charge < -0.3 is 10.2 Å². The third-order valence-corrected chi connectivity index (χ3v) is 5.12. The van der Waals surface area contributed by atoms with Gasteiger partial charge in [0.05, 0.1) is 0 Å². The van der Waals surface area contributed by atoms with Crippen molar-refractivity contribution in [3.63, 3.8) is 0 Å². The molecule has 0 bridgehead atoms. The molecule has 0 radical (unpaired) electrons. The van der Waals surface area contributed by atoms with Gasteiger partial charge in [0.25, 0.3) is 0 Å².